The van der Waals surface area contributed by atoms with E-state index in [1.807, 2.05) is 0 Å². The van der Waals surface area contributed by atoms with E-state index in [9.17, 15) is 39.3 Å². The van der Waals surface area contributed by atoms with E-state index in [2.05, 4.69) is 16.0 Å². The number of nitrogens with two attached hydrogens (primary N) is 2. The number of hydrogen-bond donors (Lipinski definition) is 9. The van der Waals surface area contributed by atoms with Crippen LogP contribution in [0.25, 0.3) is 11.1 Å². The van der Waals surface area contributed by atoms with Gasteiger partial charge < -0.3 is 47.8 Å². The first kappa shape index (κ1) is 31.8. The van der Waals surface area contributed by atoms with Crippen molar-refractivity contribution in [3.05, 3.63) is 47.5 Å². The molecule has 1 aliphatic rings. The van der Waals surface area contributed by atoms with E-state index in [1.165, 1.54) is 12.1 Å². The minimum atomic E-state index is -1.57. The van der Waals surface area contributed by atoms with E-state index in [0.29, 0.717) is 23.1 Å². The molecule has 0 saturated heterocycles. The van der Waals surface area contributed by atoms with Crippen molar-refractivity contribution >= 4 is 29.7 Å². The molecule has 3 amide bonds. The SMILES string of the molecule is NCCC[C@@H]1NC(=O)[C@@H](N)Cc2cc(ccc2O)-c2ccc(O)c(c2)C[C@@H](C(=O)N[C@@H](CCC(=O)O)C(=O)O)NC1=O. The lowest BCUT2D eigenvalue weighted by molar-refractivity contribution is -0.143. The molecule has 0 aliphatic carbocycles. The number of carboxylic acids is 2. The number of aliphatic carboxylic acids is 2. The molecule has 0 spiro atoms. The smallest absolute Gasteiger partial charge is 0.326 e. The number of carboxylic acid groups (broad SMARTS) is 2. The fourth-order valence-electron chi connectivity index (χ4n) is 4.56. The van der Waals surface area contributed by atoms with Gasteiger partial charge in [-0.2, -0.15) is 0 Å². The summed E-state index contributed by atoms with van der Waals surface area (Å²) in [5.74, 6) is -5.43. The lowest BCUT2D eigenvalue weighted by Crippen LogP contribution is -2.57. The van der Waals surface area contributed by atoms with E-state index < -0.39 is 66.7 Å². The number of phenolic OH excluding ortho intramolecular Hbond substituents is 2. The van der Waals surface area contributed by atoms with Crippen LogP contribution in [0.1, 0.15) is 36.8 Å². The summed E-state index contributed by atoms with van der Waals surface area (Å²) >= 11 is 0. The van der Waals surface area contributed by atoms with Gasteiger partial charge in [-0.25, -0.2) is 4.79 Å². The second kappa shape index (κ2) is 14.3. The minimum absolute atomic E-state index is 0.0559. The van der Waals surface area contributed by atoms with Crippen molar-refractivity contribution in [1.82, 2.24) is 16.0 Å². The van der Waals surface area contributed by atoms with Crippen molar-refractivity contribution in [3.63, 3.8) is 0 Å². The van der Waals surface area contributed by atoms with E-state index in [1.54, 1.807) is 24.3 Å². The molecule has 4 atom stereocenters. The van der Waals surface area contributed by atoms with Crippen LogP contribution in [-0.2, 0) is 36.8 Å². The third kappa shape index (κ3) is 8.41. The third-order valence-corrected chi connectivity index (χ3v) is 6.92. The normalized spacial score (nSPS) is 19.8. The summed E-state index contributed by atoms with van der Waals surface area (Å²) in [7, 11) is 0. The Morgan fingerprint density at radius 3 is 2.07 bits per heavy atom. The van der Waals surface area contributed by atoms with Gasteiger partial charge >= 0.3 is 11.9 Å². The van der Waals surface area contributed by atoms with Gasteiger partial charge in [0.1, 0.15) is 29.6 Å². The van der Waals surface area contributed by atoms with Crippen LogP contribution in [0.3, 0.4) is 0 Å². The summed E-state index contributed by atoms with van der Waals surface area (Å²) in [6.07, 6.45) is -0.864. The molecule has 0 saturated carbocycles. The second-order valence-electron chi connectivity index (χ2n) is 10.1. The van der Waals surface area contributed by atoms with Crippen molar-refractivity contribution in [2.75, 3.05) is 6.54 Å². The molecule has 4 bridgehead atoms. The van der Waals surface area contributed by atoms with Crippen molar-refractivity contribution in [1.29, 1.82) is 0 Å². The van der Waals surface area contributed by atoms with Gasteiger partial charge in [-0.1, -0.05) is 12.1 Å². The molecule has 0 fully saturated rings. The Morgan fingerprint density at radius 1 is 0.929 bits per heavy atom. The maximum absolute atomic E-state index is 13.4. The Labute approximate surface area is 241 Å². The van der Waals surface area contributed by atoms with Gasteiger partial charge in [0.15, 0.2) is 0 Å². The van der Waals surface area contributed by atoms with Gasteiger partial charge in [-0.05, 0) is 72.3 Å². The number of carbonyl (C=O) groups excluding carboxylic acids is 3. The van der Waals surface area contributed by atoms with Crippen LogP contribution in [0.5, 0.6) is 11.5 Å². The van der Waals surface area contributed by atoms with Crippen LogP contribution in [0.4, 0.5) is 0 Å². The molecule has 0 aromatic heterocycles. The third-order valence-electron chi connectivity index (χ3n) is 6.92. The summed E-state index contributed by atoms with van der Waals surface area (Å²) in [5.41, 5.74) is 13.5. The highest BCUT2D eigenvalue weighted by Gasteiger charge is 2.31. The molecule has 0 unspecified atom stereocenters. The maximum Gasteiger partial charge on any atom is 0.326 e. The number of aromatic hydroxyl groups is 2. The Kier molecular flexibility index (Phi) is 10.8. The minimum Gasteiger partial charge on any atom is -0.508 e. The highest BCUT2D eigenvalue weighted by atomic mass is 16.4. The standard InChI is InChI=1S/C28H35N5O9/c29-9-1-2-19-26(39)33-21(27(40)32-20(28(41)42)5-8-24(36)37)13-17-11-15(4-7-23(17)35)14-3-6-22(34)16(10-14)12-18(30)25(38)31-19/h3-4,6-7,10-11,18-21,34-35H,1-2,5,8-9,12-13,29-30H2,(H,31,38)(H,32,40)(H,33,39)(H,36,37)(H,41,42)/t18-,19-,20-,21-/m0/s1. The molecular weight excluding hydrogens is 550 g/mol. The second-order valence-corrected chi connectivity index (χ2v) is 10.1. The van der Waals surface area contributed by atoms with Gasteiger partial charge in [0.05, 0.1) is 6.04 Å². The topological polar surface area (TPSA) is 254 Å². The molecular formula is C28H35N5O9. The van der Waals surface area contributed by atoms with Gasteiger partial charge in [0.25, 0.3) is 0 Å². The zero-order chi connectivity index (χ0) is 31.0. The van der Waals surface area contributed by atoms with Crippen molar-refractivity contribution in [2.45, 2.75) is 62.7 Å². The number of rotatable bonds is 9. The number of fused-ring (bicyclic) bond motifs is 5. The zero-order valence-corrected chi connectivity index (χ0v) is 22.7. The van der Waals surface area contributed by atoms with Gasteiger partial charge in [-0.3, -0.25) is 19.2 Å². The van der Waals surface area contributed by atoms with Gasteiger partial charge in [-0.15, -0.1) is 0 Å². The lowest BCUT2D eigenvalue weighted by atomic mass is 9.95. The molecule has 1 aliphatic heterocycles. The fraction of sp³-hybridized carbons (Fsp3) is 0.393. The van der Waals surface area contributed by atoms with E-state index >= 15 is 0 Å². The summed E-state index contributed by atoms with van der Waals surface area (Å²) in [6, 6.07) is 3.94. The molecule has 14 heteroatoms. The van der Waals surface area contributed by atoms with E-state index in [0.717, 1.165) is 0 Å². The monoisotopic (exact) mass is 585 g/mol. The Morgan fingerprint density at radius 2 is 1.52 bits per heavy atom. The lowest BCUT2D eigenvalue weighted by Gasteiger charge is -2.25. The molecule has 42 heavy (non-hydrogen) atoms. The predicted molar refractivity (Wildman–Crippen MR) is 149 cm³/mol. The average molecular weight is 586 g/mol. The Hall–Kier alpha value is -4.69. The van der Waals surface area contributed by atoms with Gasteiger partial charge in [0, 0.05) is 19.3 Å². The van der Waals surface area contributed by atoms with Crippen LogP contribution >= 0.6 is 0 Å². The van der Waals surface area contributed by atoms with Crippen LogP contribution < -0.4 is 27.4 Å². The number of phenols is 2. The molecule has 0 radical (unpaired) electrons. The van der Waals surface area contributed by atoms with E-state index in [4.69, 9.17) is 16.6 Å². The molecule has 14 nitrogen and oxygen atoms in total. The summed E-state index contributed by atoms with van der Waals surface area (Å²) < 4.78 is 0. The number of hydrogen-bond acceptors (Lipinski definition) is 9. The van der Waals surface area contributed by atoms with Crippen molar-refractivity contribution in [3.8, 4) is 22.6 Å². The van der Waals surface area contributed by atoms with Crippen LogP contribution in [0.2, 0.25) is 0 Å². The van der Waals surface area contributed by atoms with Crippen molar-refractivity contribution < 1.29 is 44.4 Å². The average Bonchev–Trinajstić information content (AvgIpc) is 2.94. The predicted octanol–water partition coefficient (Wildman–Crippen LogP) is -0.667. The van der Waals surface area contributed by atoms with Crippen LogP contribution in [0, 0.1) is 0 Å². The number of benzene rings is 2. The fourth-order valence-corrected chi connectivity index (χ4v) is 4.56. The summed E-state index contributed by atoms with van der Waals surface area (Å²) in [6.45, 7) is 0.195. The maximum atomic E-state index is 13.4. The molecule has 1 heterocycles. The molecule has 2 aromatic rings. The quantitative estimate of drug-likeness (QED) is 0.178. The summed E-state index contributed by atoms with van der Waals surface area (Å²) in [4.78, 5) is 62.4. The molecule has 11 N–H and O–H groups in total. The Balaban J connectivity index is 2.07. The molecule has 3 rings (SSSR count). The highest BCUT2D eigenvalue weighted by molar-refractivity contribution is 5.94. The molecule has 226 valence electrons. The zero-order valence-electron chi connectivity index (χ0n) is 22.7. The van der Waals surface area contributed by atoms with Gasteiger partial charge in [0.2, 0.25) is 17.7 Å². The largest absolute Gasteiger partial charge is 0.508 e. The highest BCUT2D eigenvalue weighted by Crippen LogP contribution is 2.31. The number of carbonyl (C=O) groups is 5. The van der Waals surface area contributed by atoms with E-state index in [-0.39, 0.29) is 42.9 Å². The first-order valence-electron chi connectivity index (χ1n) is 13.3. The van der Waals surface area contributed by atoms with Crippen molar-refractivity contribution in [2.24, 2.45) is 11.5 Å². The molecule has 2 aromatic carbocycles. The first-order valence-corrected chi connectivity index (χ1v) is 13.3. The Bertz CT molecular complexity index is 1350. The number of amides is 3. The summed E-state index contributed by atoms with van der Waals surface area (Å²) in [5, 5.41) is 46.9. The number of nitrogens with one attached hydrogen (secondary N) is 3. The van der Waals surface area contributed by atoms with Crippen LogP contribution in [0.15, 0.2) is 36.4 Å². The first-order chi connectivity index (χ1) is 19.9. The van der Waals surface area contributed by atoms with Crippen LogP contribution in [-0.4, -0.2) is 80.8 Å².